The second-order valence-electron chi connectivity index (χ2n) is 6.25. The Morgan fingerprint density at radius 1 is 0.889 bits per heavy atom. The van der Waals surface area contributed by atoms with Crippen LogP contribution in [0.1, 0.15) is 73.1 Å². The molecule has 0 saturated heterocycles. The standard InChI is InChI=1S/C16H33BO/c1-6-13(2)10-11-14(3)12-18-16(5)9-7-8-15(4)17/h13-16H,6-12H2,1-5H3. The summed E-state index contributed by atoms with van der Waals surface area (Å²) in [6.45, 7) is 12.1. The first-order chi connectivity index (χ1) is 8.45. The maximum atomic E-state index is 5.91. The van der Waals surface area contributed by atoms with Gasteiger partial charge < -0.3 is 4.74 Å². The summed E-state index contributed by atoms with van der Waals surface area (Å²) in [5, 5.41) is 0. The van der Waals surface area contributed by atoms with Crippen LogP contribution in [0.4, 0.5) is 0 Å². The Hall–Kier alpha value is 0.0249. The van der Waals surface area contributed by atoms with E-state index in [1.54, 1.807) is 0 Å². The van der Waals surface area contributed by atoms with E-state index in [1.807, 2.05) is 0 Å². The summed E-state index contributed by atoms with van der Waals surface area (Å²) in [5.74, 6) is 1.87. The van der Waals surface area contributed by atoms with E-state index in [0.29, 0.717) is 17.8 Å². The molecule has 0 aromatic rings. The van der Waals surface area contributed by atoms with Crippen molar-refractivity contribution in [2.45, 2.75) is 85.1 Å². The highest BCUT2D eigenvalue weighted by Crippen LogP contribution is 2.17. The van der Waals surface area contributed by atoms with Crippen LogP contribution in [-0.4, -0.2) is 20.6 Å². The molecular formula is C16H33BO. The van der Waals surface area contributed by atoms with Gasteiger partial charge in [0.1, 0.15) is 0 Å². The van der Waals surface area contributed by atoms with Crippen LogP contribution in [0.5, 0.6) is 0 Å². The van der Waals surface area contributed by atoms with Gasteiger partial charge in [0.05, 0.1) is 14.0 Å². The molecule has 0 aliphatic carbocycles. The fraction of sp³-hybridized carbons (Fsp3) is 1.00. The van der Waals surface area contributed by atoms with Crippen molar-refractivity contribution in [3.05, 3.63) is 0 Å². The summed E-state index contributed by atoms with van der Waals surface area (Å²) < 4.78 is 5.91. The molecular weight excluding hydrogens is 219 g/mol. The van der Waals surface area contributed by atoms with Crippen molar-refractivity contribution < 1.29 is 4.74 Å². The van der Waals surface area contributed by atoms with E-state index < -0.39 is 0 Å². The third-order valence-corrected chi connectivity index (χ3v) is 3.78. The lowest BCUT2D eigenvalue weighted by Crippen LogP contribution is -2.15. The summed E-state index contributed by atoms with van der Waals surface area (Å²) in [5.41, 5.74) is 0. The minimum absolute atomic E-state index is 0.326. The molecule has 0 aromatic carbocycles. The van der Waals surface area contributed by atoms with Crippen LogP contribution in [-0.2, 0) is 4.74 Å². The van der Waals surface area contributed by atoms with Crippen molar-refractivity contribution in [3.8, 4) is 0 Å². The minimum atomic E-state index is 0.326. The van der Waals surface area contributed by atoms with Crippen molar-refractivity contribution in [1.82, 2.24) is 0 Å². The van der Waals surface area contributed by atoms with E-state index in [-0.39, 0.29) is 0 Å². The molecule has 0 bridgehead atoms. The van der Waals surface area contributed by atoms with E-state index in [2.05, 4.69) is 34.6 Å². The maximum Gasteiger partial charge on any atom is 0.0695 e. The van der Waals surface area contributed by atoms with Gasteiger partial charge in [0.15, 0.2) is 0 Å². The second-order valence-corrected chi connectivity index (χ2v) is 6.25. The Labute approximate surface area is 116 Å². The highest BCUT2D eigenvalue weighted by Gasteiger charge is 2.08. The van der Waals surface area contributed by atoms with Crippen molar-refractivity contribution in [1.29, 1.82) is 0 Å². The van der Waals surface area contributed by atoms with Gasteiger partial charge in [-0.2, -0.15) is 0 Å². The Kier molecular flexibility index (Phi) is 10.9. The van der Waals surface area contributed by atoms with Gasteiger partial charge in [0.25, 0.3) is 0 Å². The summed E-state index contributed by atoms with van der Waals surface area (Å²) >= 11 is 0. The second kappa shape index (κ2) is 10.9. The number of rotatable bonds is 11. The monoisotopic (exact) mass is 252 g/mol. The third kappa shape index (κ3) is 11.1. The molecule has 0 fully saturated rings. The minimum Gasteiger partial charge on any atom is -0.378 e. The highest BCUT2D eigenvalue weighted by molar-refractivity contribution is 6.11. The lowest BCUT2D eigenvalue weighted by molar-refractivity contribution is 0.0346. The lowest BCUT2D eigenvalue weighted by Gasteiger charge is -2.18. The van der Waals surface area contributed by atoms with Gasteiger partial charge in [-0.25, -0.2) is 0 Å². The lowest BCUT2D eigenvalue weighted by atomic mass is 9.85. The van der Waals surface area contributed by atoms with Gasteiger partial charge in [-0.1, -0.05) is 59.2 Å². The number of hydrogen-bond donors (Lipinski definition) is 0. The van der Waals surface area contributed by atoms with Crippen molar-refractivity contribution in [3.63, 3.8) is 0 Å². The Morgan fingerprint density at radius 3 is 2.06 bits per heavy atom. The highest BCUT2D eigenvalue weighted by atomic mass is 16.5. The predicted octanol–water partition coefficient (Wildman–Crippen LogP) is 5.00. The van der Waals surface area contributed by atoms with E-state index in [0.717, 1.165) is 25.4 Å². The third-order valence-electron chi connectivity index (χ3n) is 3.78. The largest absolute Gasteiger partial charge is 0.378 e. The van der Waals surface area contributed by atoms with Crippen LogP contribution < -0.4 is 0 Å². The van der Waals surface area contributed by atoms with Crippen LogP contribution in [0.15, 0.2) is 0 Å². The molecule has 106 valence electrons. The molecule has 4 unspecified atom stereocenters. The van der Waals surface area contributed by atoms with Crippen LogP contribution in [0.25, 0.3) is 0 Å². The molecule has 0 aliphatic heterocycles. The van der Waals surface area contributed by atoms with Gasteiger partial charge in [-0.05, 0) is 31.6 Å². The Bertz CT molecular complexity index is 182. The molecule has 0 heterocycles. The van der Waals surface area contributed by atoms with Crippen molar-refractivity contribution in [2.24, 2.45) is 11.8 Å². The van der Waals surface area contributed by atoms with Gasteiger partial charge in [-0.3, -0.25) is 0 Å². The Morgan fingerprint density at radius 2 is 1.50 bits per heavy atom. The van der Waals surface area contributed by atoms with Gasteiger partial charge in [0.2, 0.25) is 0 Å². The fourth-order valence-corrected chi connectivity index (χ4v) is 2.00. The van der Waals surface area contributed by atoms with Gasteiger partial charge >= 0.3 is 0 Å². The molecule has 0 spiro atoms. The average Bonchev–Trinajstić information content (AvgIpc) is 2.32. The molecule has 0 N–H and O–H groups in total. The predicted molar refractivity (Wildman–Crippen MR) is 82.3 cm³/mol. The normalized spacial score (nSPS) is 18.3. The fourth-order valence-electron chi connectivity index (χ4n) is 2.00. The van der Waals surface area contributed by atoms with Crippen LogP contribution in [0.2, 0.25) is 5.82 Å². The molecule has 0 aliphatic rings. The summed E-state index contributed by atoms with van der Waals surface area (Å²) in [4.78, 5) is 0. The molecule has 0 amide bonds. The van der Waals surface area contributed by atoms with Crippen molar-refractivity contribution >= 4 is 7.85 Å². The number of hydrogen-bond acceptors (Lipinski definition) is 1. The molecule has 4 atom stereocenters. The van der Waals surface area contributed by atoms with Gasteiger partial charge in [-0.15, -0.1) is 0 Å². The van der Waals surface area contributed by atoms with E-state index in [1.165, 1.54) is 25.7 Å². The van der Waals surface area contributed by atoms with Gasteiger partial charge in [0, 0.05) is 6.61 Å². The molecule has 2 heteroatoms. The summed E-state index contributed by atoms with van der Waals surface area (Å²) in [6, 6.07) is 0. The molecule has 2 radical (unpaired) electrons. The maximum absolute atomic E-state index is 5.91. The molecule has 1 nitrogen and oxygen atoms in total. The first-order valence-corrected chi connectivity index (χ1v) is 7.82. The number of ether oxygens (including phenoxy) is 1. The quantitative estimate of drug-likeness (QED) is 0.470. The SMILES string of the molecule is [B]C(C)CCCC(C)OCC(C)CCC(C)CC. The van der Waals surface area contributed by atoms with Crippen LogP contribution >= 0.6 is 0 Å². The first-order valence-electron chi connectivity index (χ1n) is 7.82. The van der Waals surface area contributed by atoms with Crippen LogP contribution in [0.3, 0.4) is 0 Å². The van der Waals surface area contributed by atoms with E-state index in [9.17, 15) is 0 Å². The van der Waals surface area contributed by atoms with E-state index >= 15 is 0 Å². The first kappa shape index (κ1) is 18.0. The molecule has 0 aromatic heterocycles. The summed E-state index contributed by atoms with van der Waals surface area (Å²) in [6.07, 6.45) is 7.73. The Balaban J connectivity index is 3.49. The average molecular weight is 252 g/mol. The zero-order valence-corrected chi connectivity index (χ0v) is 13.2. The van der Waals surface area contributed by atoms with E-state index in [4.69, 9.17) is 12.6 Å². The topological polar surface area (TPSA) is 9.23 Å². The smallest absolute Gasteiger partial charge is 0.0695 e. The zero-order valence-electron chi connectivity index (χ0n) is 13.2. The summed E-state index contributed by atoms with van der Waals surface area (Å²) in [7, 11) is 5.74. The zero-order chi connectivity index (χ0) is 14.0. The molecule has 0 rings (SSSR count). The molecule has 0 saturated carbocycles. The van der Waals surface area contributed by atoms with Crippen LogP contribution in [0, 0.1) is 11.8 Å². The van der Waals surface area contributed by atoms with Crippen molar-refractivity contribution in [2.75, 3.05) is 6.61 Å². The molecule has 18 heavy (non-hydrogen) atoms.